The van der Waals surface area contributed by atoms with E-state index >= 15 is 0 Å². The minimum absolute atomic E-state index is 0.00644. The Bertz CT molecular complexity index is 2590. The normalized spacial score (nSPS) is 17.2. The Morgan fingerprint density at radius 2 is 1.59 bits per heavy atom. The third kappa shape index (κ3) is 16.6. The van der Waals surface area contributed by atoms with Crippen molar-refractivity contribution in [3.63, 3.8) is 0 Å². The van der Waals surface area contributed by atoms with E-state index in [-0.39, 0.29) is 132 Å². The van der Waals surface area contributed by atoms with Gasteiger partial charge in [0.05, 0.1) is 63.8 Å². The van der Waals surface area contributed by atoms with Crippen LogP contribution in [0.4, 0.5) is 0 Å². The Kier molecular flexibility index (Phi) is 22.4. The summed E-state index contributed by atoms with van der Waals surface area (Å²) in [7, 11) is 1.25. The minimum atomic E-state index is -0.805. The third-order valence-electron chi connectivity index (χ3n) is 13.3. The molecule has 1 saturated heterocycles. The maximum atomic E-state index is 14.3. The van der Waals surface area contributed by atoms with Gasteiger partial charge in [-0.2, -0.15) is 5.10 Å². The van der Waals surface area contributed by atoms with Crippen molar-refractivity contribution in [2.45, 2.75) is 116 Å². The number of carbonyl (C=O) groups excluding carboxylic acids is 7. The van der Waals surface area contributed by atoms with E-state index in [2.05, 4.69) is 53.0 Å². The molecule has 6 rings (SSSR count). The van der Waals surface area contributed by atoms with Gasteiger partial charge in [-0.05, 0) is 89.7 Å². The number of nitrogens with two attached hydrogens (primary N) is 1. The van der Waals surface area contributed by atoms with E-state index in [1.165, 1.54) is 14.0 Å². The first-order valence-electron chi connectivity index (χ1n) is 25.4. The van der Waals surface area contributed by atoms with E-state index in [4.69, 9.17) is 24.7 Å². The number of amides is 2. The molecule has 1 saturated carbocycles. The first-order chi connectivity index (χ1) is 35.7. The summed E-state index contributed by atoms with van der Waals surface area (Å²) in [5.41, 5.74) is 9.55. The Balaban J connectivity index is 0.870. The van der Waals surface area contributed by atoms with Crippen LogP contribution < -0.4 is 11.1 Å². The maximum absolute atomic E-state index is 14.3. The number of likely N-dealkylation sites (tertiary alicyclic amines) is 1. The van der Waals surface area contributed by atoms with E-state index in [0.29, 0.717) is 76.7 Å². The third-order valence-corrected chi connectivity index (χ3v) is 13.8. The number of ether oxygens (including phenoxy) is 5. The highest BCUT2D eigenvalue weighted by atomic mass is 79.9. The van der Waals surface area contributed by atoms with Crippen molar-refractivity contribution >= 4 is 67.7 Å². The van der Waals surface area contributed by atoms with Crippen molar-refractivity contribution in [3.8, 4) is 11.1 Å². The van der Waals surface area contributed by atoms with Crippen LogP contribution in [-0.4, -0.2) is 155 Å². The number of unbranched alkanes of at least 4 members (excludes halogenated alkanes) is 1. The second-order valence-electron chi connectivity index (χ2n) is 18.8. The number of aryl methyl sites for hydroxylation is 2. The molecule has 3 N–H and O–H groups in total. The van der Waals surface area contributed by atoms with Gasteiger partial charge < -0.3 is 39.6 Å². The fourth-order valence-electron chi connectivity index (χ4n) is 9.28. The van der Waals surface area contributed by atoms with Gasteiger partial charge in [-0.3, -0.25) is 38.2 Å². The highest BCUT2D eigenvalue weighted by Gasteiger charge is 2.62. The SMILES string of the molecule is CCCCC1[C@@H]2[C@H]1C[C@@H](C(=O)Cc1nc(Br)ccc1C)N2C(=O)Cn1nc(C(C)=O)c2cc(-c3cnc(CCC(=O)COCCOCCNC(=O)COCCOCCCC(=O)CC[C@H](N)C(=O)OC)nc3)ccc21. The Labute approximate surface area is 439 Å². The van der Waals surface area contributed by atoms with Crippen molar-refractivity contribution in [1.82, 2.24) is 34.9 Å². The smallest absolute Gasteiger partial charge is 0.322 e. The molecule has 2 fully saturated rings. The molecule has 4 aromatic rings. The van der Waals surface area contributed by atoms with Crippen LogP contribution >= 0.6 is 15.9 Å². The van der Waals surface area contributed by atoms with Crippen molar-refractivity contribution in [2.75, 3.05) is 66.5 Å². The molecule has 0 radical (unpaired) electrons. The van der Waals surface area contributed by atoms with Gasteiger partial charge in [0.1, 0.15) is 47.7 Å². The van der Waals surface area contributed by atoms with Gasteiger partial charge in [-0.1, -0.05) is 31.9 Å². The van der Waals surface area contributed by atoms with Crippen LogP contribution in [-0.2, 0) is 71.8 Å². The number of methoxy groups -OCH3 is 1. The quantitative estimate of drug-likeness (QED) is 0.0278. The van der Waals surface area contributed by atoms with Crippen LogP contribution in [0.3, 0.4) is 0 Å². The molecule has 0 spiro atoms. The molecule has 1 aromatic carbocycles. The number of ketones is 4. The van der Waals surface area contributed by atoms with Gasteiger partial charge in [0.2, 0.25) is 11.8 Å². The summed E-state index contributed by atoms with van der Waals surface area (Å²) in [5.74, 6) is -0.291. The van der Waals surface area contributed by atoms with E-state index in [0.717, 1.165) is 30.4 Å². The van der Waals surface area contributed by atoms with Gasteiger partial charge >= 0.3 is 5.97 Å². The van der Waals surface area contributed by atoms with Gasteiger partial charge in [-0.25, -0.2) is 15.0 Å². The summed E-state index contributed by atoms with van der Waals surface area (Å²) < 4.78 is 28.5. The van der Waals surface area contributed by atoms with E-state index in [1.807, 2.05) is 42.2 Å². The Hall–Kier alpha value is -5.71. The Morgan fingerprint density at radius 1 is 0.865 bits per heavy atom. The van der Waals surface area contributed by atoms with Gasteiger partial charge in [0.15, 0.2) is 17.3 Å². The predicted octanol–water partition coefficient (Wildman–Crippen LogP) is 4.69. The number of rotatable bonds is 34. The zero-order valence-electron chi connectivity index (χ0n) is 42.8. The molecule has 1 unspecified atom stereocenters. The van der Waals surface area contributed by atoms with E-state index in [1.54, 1.807) is 17.1 Å². The molecule has 2 aliphatic rings. The molecule has 1 aliphatic heterocycles. The fraction of sp³-hybridized carbons (Fsp3) is 0.566. The number of Topliss-reactive ketones (excluding diaryl/α,β-unsaturated/α-hetero) is 4. The molecular formula is C53H69BrN8O12. The number of piperidine rings is 1. The summed E-state index contributed by atoms with van der Waals surface area (Å²) in [5, 5.41) is 7.91. The number of hydrogen-bond donors (Lipinski definition) is 2. The summed E-state index contributed by atoms with van der Waals surface area (Å²) >= 11 is 3.42. The standard InChI is InChI=1S/C53H69BrN8O12/c1-5-6-9-39-40-26-45(46(66)27-43-33(2)10-16-47(54)59-43)62(52(39)40)50(68)30-61-44-15-11-35(25-41(44)51(60-61)34(3)63)36-28-57-48(58-29-36)17-13-38(65)31-73-23-22-72-20-18-56-49(67)32-74-24-21-71-19-7-8-37(64)12-14-42(55)53(69)70-4/h10-11,15-16,25,28-29,39-40,42,45,52H,5-9,12-14,17-24,26-27,30-32,55H2,1-4H3,(H,56,67)/t39?,40-,42-,45-,52+/m0/s1. The van der Waals surface area contributed by atoms with Gasteiger partial charge in [0, 0.05) is 75.1 Å². The number of fused-ring (bicyclic) bond motifs is 2. The molecule has 400 valence electrons. The van der Waals surface area contributed by atoms with Crippen LogP contribution in [0, 0.1) is 18.8 Å². The lowest BCUT2D eigenvalue weighted by Crippen LogP contribution is -2.46. The lowest BCUT2D eigenvalue weighted by atomic mass is 9.98. The summed E-state index contributed by atoms with van der Waals surface area (Å²) in [6.45, 7) is 6.99. The minimum Gasteiger partial charge on any atom is -0.468 e. The van der Waals surface area contributed by atoms with Crippen molar-refractivity contribution < 1.29 is 57.2 Å². The van der Waals surface area contributed by atoms with E-state index < -0.39 is 18.1 Å². The average molecular weight is 1090 g/mol. The molecule has 2 amide bonds. The highest BCUT2D eigenvalue weighted by Crippen LogP contribution is 2.56. The molecule has 1 aliphatic carbocycles. The first kappa shape index (κ1) is 57.6. The number of pyridine rings is 1. The zero-order chi connectivity index (χ0) is 53.1. The molecule has 0 bridgehead atoms. The van der Waals surface area contributed by atoms with Crippen molar-refractivity contribution in [1.29, 1.82) is 0 Å². The van der Waals surface area contributed by atoms with Crippen LogP contribution in [0.1, 0.15) is 99.2 Å². The van der Waals surface area contributed by atoms with Crippen molar-refractivity contribution in [3.05, 3.63) is 70.1 Å². The lowest BCUT2D eigenvalue weighted by molar-refractivity contribution is -0.142. The molecular weight excluding hydrogens is 1020 g/mol. The van der Waals surface area contributed by atoms with Crippen LogP contribution in [0.25, 0.3) is 22.0 Å². The molecule has 21 heteroatoms. The summed E-state index contributed by atoms with van der Waals surface area (Å²) in [6.07, 6.45) is 9.03. The number of nitrogens with zero attached hydrogens (tertiary/aromatic N) is 6. The maximum Gasteiger partial charge on any atom is 0.322 e. The monoisotopic (exact) mass is 1090 g/mol. The summed E-state index contributed by atoms with van der Waals surface area (Å²) in [4.78, 5) is 104. The molecule has 4 heterocycles. The van der Waals surface area contributed by atoms with E-state index in [9.17, 15) is 33.6 Å². The number of nitrogens with one attached hydrogen (secondary N) is 1. The van der Waals surface area contributed by atoms with Gasteiger partial charge in [-0.15, -0.1) is 0 Å². The number of hydrogen-bond acceptors (Lipinski definition) is 17. The average Bonchev–Trinajstić information content (AvgIpc) is 3.69. The molecule has 20 nitrogen and oxygen atoms in total. The van der Waals surface area contributed by atoms with Gasteiger partial charge in [0.25, 0.3) is 0 Å². The number of benzene rings is 1. The van der Waals surface area contributed by atoms with Crippen LogP contribution in [0.5, 0.6) is 0 Å². The number of aromatic nitrogens is 5. The largest absolute Gasteiger partial charge is 0.468 e. The van der Waals surface area contributed by atoms with Crippen molar-refractivity contribution in [2.24, 2.45) is 17.6 Å². The highest BCUT2D eigenvalue weighted by molar-refractivity contribution is 9.10. The number of carbonyl (C=O) groups is 7. The van der Waals surface area contributed by atoms with Crippen LogP contribution in [0.15, 0.2) is 47.3 Å². The second kappa shape index (κ2) is 28.8. The molecule has 5 atom stereocenters. The zero-order valence-corrected chi connectivity index (χ0v) is 44.4. The van der Waals surface area contributed by atoms with Crippen LogP contribution in [0.2, 0.25) is 0 Å². The predicted molar refractivity (Wildman–Crippen MR) is 275 cm³/mol. The fourth-order valence-corrected chi connectivity index (χ4v) is 9.63. The molecule has 74 heavy (non-hydrogen) atoms. The number of esters is 1. The summed E-state index contributed by atoms with van der Waals surface area (Å²) in [6, 6.07) is 7.98. The Morgan fingerprint density at radius 3 is 2.32 bits per heavy atom. The lowest BCUT2D eigenvalue weighted by Gasteiger charge is -2.28. The first-order valence-corrected chi connectivity index (χ1v) is 26.2. The second-order valence-corrected chi connectivity index (χ2v) is 19.6. The number of halogens is 1. The topological polar surface area (TPSA) is 263 Å². The molecule has 3 aromatic heterocycles.